The number of rotatable bonds is 1. The van der Waals surface area contributed by atoms with E-state index in [1.165, 1.54) is 0 Å². The van der Waals surface area contributed by atoms with Crippen LogP contribution in [-0.2, 0) is 4.74 Å². The van der Waals surface area contributed by atoms with Crippen molar-refractivity contribution in [2.75, 3.05) is 18.5 Å². The maximum atomic E-state index is 12.5. The van der Waals surface area contributed by atoms with Crippen LogP contribution in [0.15, 0.2) is 18.2 Å². The van der Waals surface area contributed by atoms with E-state index >= 15 is 0 Å². The number of hydrogen-bond donors (Lipinski definition) is 1. The molecule has 2 aliphatic rings. The molecule has 2 saturated heterocycles. The highest BCUT2D eigenvalue weighted by Gasteiger charge is 2.37. The Hall–Kier alpha value is -0.970. The molecule has 3 rings (SSSR count). The minimum atomic E-state index is -0.0820. The van der Waals surface area contributed by atoms with Crippen LogP contribution < -0.4 is 5.32 Å². The largest absolute Gasteiger partial charge is 0.377 e. The van der Waals surface area contributed by atoms with E-state index in [1.54, 1.807) is 18.2 Å². The minimum absolute atomic E-state index is 0.0820. The smallest absolute Gasteiger partial charge is 0.322 e. The van der Waals surface area contributed by atoms with E-state index in [0.717, 1.165) is 19.3 Å². The highest BCUT2D eigenvalue weighted by atomic mass is 35.5. The maximum absolute atomic E-state index is 12.5. The molecular weight excluding hydrogens is 299 g/mol. The molecule has 108 valence electrons. The number of piperidine rings is 1. The number of amides is 2. The topological polar surface area (TPSA) is 41.6 Å². The molecule has 1 aromatic carbocycles. The lowest BCUT2D eigenvalue weighted by Crippen LogP contribution is -2.58. The molecule has 2 amide bonds. The number of fused-ring (bicyclic) bond motifs is 2. The Morgan fingerprint density at radius 3 is 2.55 bits per heavy atom. The second-order valence-corrected chi connectivity index (χ2v) is 6.06. The van der Waals surface area contributed by atoms with Gasteiger partial charge in [-0.3, -0.25) is 0 Å². The molecule has 2 atom stereocenters. The van der Waals surface area contributed by atoms with Crippen molar-refractivity contribution in [3.8, 4) is 0 Å². The van der Waals surface area contributed by atoms with Crippen LogP contribution in [0.25, 0.3) is 0 Å². The van der Waals surface area contributed by atoms with Gasteiger partial charge in [-0.2, -0.15) is 0 Å². The molecule has 0 unspecified atom stereocenters. The van der Waals surface area contributed by atoms with Crippen LogP contribution in [0, 0.1) is 0 Å². The van der Waals surface area contributed by atoms with E-state index in [1.807, 2.05) is 4.90 Å². The average Bonchev–Trinajstić information content (AvgIpc) is 2.42. The summed E-state index contributed by atoms with van der Waals surface area (Å²) in [7, 11) is 0. The number of carbonyl (C=O) groups excluding carboxylic acids is 1. The summed E-state index contributed by atoms with van der Waals surface area (Å²) in [6.07, 6.45) is 3.17. The molecule has 1 N–H and O–H groups in total. The molecule has 20 heavy (non-hydrogen) atoms. The summed E-state index contributed by atoms with van der Waals surface area (Å²) in [6, 6.07) is 5.39. The predicted octanol–water partition coefficient (Wildman–Crippen LogP) is 3.78. The fraction of sp³-hybridized carbons (Fsp3) is 0.500. The first-order valence-electron chi connectivity index (χ1n) is 6.77. The average molecular weight is 315 g/mol. The molecule has 0 saturated carbocycles. The van der Waals surface area contributed by atoms with Gasteiger partial charge in [0.25, 0.3) is 0 Å². The number of nitrogens with zero attached hydrogens (tertiary/aromatic N) is 1. The standard InChI is InChI=1S/C14H16Cl2N2O2/c15-12-5-4-9(6-13(12)16)17-14(19)18-10-2-1-3-11(18)8-20-7-10/h4-6,10-11H,1-3,7-8H2,(H,17,19)/t10-,11-/m1/s1. The first-order valence-corrected chi connectivity index (χ1v) is 7.53. The monoisotopic (exact) mass is 314 g/mol. The molecule has 0 radical (unpaired) electrons. The van der Waals surface area contributed by atoms with Crippen molar-refractivity contribution in [1.29, 1.82) is 0 Å². The second kappa shape index (κ2) is 5.80. The summed E-state index contributed by atoms with van der Waals surface area (Å²) >= 11 is 11.8. The number of nitrogens with one attached hydrogen (secondary N) is 1. The van der Waals surface area contributed by atoms with Crippen molar-refractivity contribution >= 4 is 34.9 Å². The molecule has 2 aliphatic heterocycles. The molecule has 4 nitrogen and oxygen atoms in total. The summed E-state index contributed by atoms with van der Waals surface area (Å²) in [4.78, 5) is 14.4. The Balaban J connectivity index is 1.73. The van der Waals surface area contributed by atoms with Crippen LogP contribution in [0.2, 0.25) is 10.0 Å². The Labute approximate surface area is 128 Å². The number of carbonyl (C=O) groups is 1. The summed E-state index contributed by atoms with van der Waals surface area (Å²) in [6.45, 7) is 1.26. The Morgan fingerprint density at radius 1 is 1.20 bits per heavy atom. The fourth-order valence-corrected chi connectivity index (χ4v) is 3.22. The lowest BCUT2D eigenvalue weighted by molar-refractivity contribution is -0.0465. The number of halogens is 2. The molecule has 0 aliphatic carbocycles. The number of hydrogen-bond acceptors (Lipinski definition) is 2. The third kappa shape index (κ3) is 2.73. The first kappa shape index (κ1) is 14.0. The number of morpholine rings is 1. The van der Waals surface area contributed by atoms with E-state index < -0.39 is 0 Å². The Bertz CT molecular complexity index is 502. The van der Waals surface area contributed by atoms with Gasteiger partial charge in [-0.25, -0.2) is 4.79 Å². The van der Waals surface area contributed by atoms with Crippen LogP contribution in [0.1, 0.15) is 19.3 Å². The summed E-state index contributed by atoms with van der Waals surface area (Å²) in [5.41, 5.74) is 0.661. The van der Waals surface area contributed by atoms with Gasteiger partial charge in [0.05, 0.1) is 35.3 Å². The maximum Gasteiger partial charge on any atom is 0.322 e. The zero-order chi connectivity index (χ0) is 14.1. The van der Waals surface area contributed by atoms with Gasteiger partial charge in [-0.05, 0) is 37.5 Å². The Kier molecular flexibility index (Phi) is 4.06. The highest BCUT2D eigenvalue weighted by Crippen LogP contribution is 2.29. The third-order valence-electron chi connectivity index (χ3n) is 3.89. The van der Waals surface area contributed by atoms with E-state index in [4.69, 9.17) is 27.9 Å². The minimum Gasteiger partial charge on any atom is -0.377 e. The lowest BCUT2D eigenvalue weighted by Gasteiger charge is -2.45. The van der Waals surface area contributed by atoms with Crippen molar-refractivity contribution in [3.05, 3.63) is 28.2 Å². The number of benzene rings is 1. The van der Waals surface area contributed by atoms with Gasteiger partial charge in [0.1, 0.15) is 0 Å². The van der Waals surface area contributed by atoms with Gasteiger partial charge in [0, 0.05) is 5.69 Å². The van der Waals surface area contributed by atoms with Crippen molar-refractivity contribution in [2.45, 2.75) is 31.3 Å². The van der Waals surface area contributed by atoms with Crippen LogP contribution in [0.4, 0.5) is 10.5 Å². The molecular formula is C14H16Cl2N2O2. The molecule has 6 heteroatoms. The third-order valence-corrected chi connectivity index (χ3v) is 4.63. The SMILES string of the molecule is O=C(Nc1ccc(Cl)c(Cl)c1)N1[C@@H]2CCC[C@@H]1COC2. The molecule has 0 spiro atoms. The zero-order valence-corrected chi connectivity index (χ0v) is 12.5. The summed E-state index contributed by atoms with van der Waals surface area (Å²) in [5.74, 6) is 0. The van der Waals surface area contributed by atoms with Gasteiger partial charge in [0.2, 0.25) is 0 Å². The van der Waals surface area contributed by atoms with Gasteiger partial charge in [-0.1, -0.05) is 23.2 Å². The van der Waals surface area contributed by atoms with Crippen LogP contribution in [0.5, 0.6) is 0 Å². The van der Waals surface area contributed by atoms with E-state index in [9.17, 15) is 4.79 Å². The molecule has 0 aromatic heterocycles. The molecule has 2 bridgehead atoms. The van der Waals surface area contributed by atoms with Gasteiger partial charge >= 0.3 is 6.03 Å². The fourth-order valence-electron chi connectivity index (χ4n) is 2.93. The zero-order valence-electron chi connectivity index (χ0n) is 10.9. The van der Waals surface area contributed by atoms with Crippen molar-refractivity contribution in [3.63, 3.8) is 0 Å². The second-order valence-electron chi connectivity index (χ2n) is 5.24. The van der Waals surface area contributed by atoms with E-state index in [2.05, 4.69) is 5.32 Å². The normalized spacial score (nSPS) is 25.4. The number of urea groups is 1. The van der Waals surface area contributed by atoms with Crippen molar-refractivity contribution in [1.82, 2.24) is 4.90 Å². The molecule has 2 fully saturated rings. The van der Waals surface area contributed by atoms with E-state index in [-0.39, 0.29) is 18.1 Å². The predicted molar refractivity (Wildman–Crippen MR) is 79.6 cm³/mol. The van der Waals surface area contributed by atoms with Gasteiger partial charge in [0.15, 0.2) is 0 Å². The van der Waals surface area contributed by atoms with Crippen LogP contribution in [-0.4, -0.2) is 36.2 Å². The Morgan fingerprint density at radius 2 is 1.90 bits per heavy atom. The number of ether oxygens (including phenoxy) is 1. The quantitative estimate of drug-likeness (QED) is 0.857. The number of anilines is 1. The van der Waals surface area contributed by atoms with Crippen LogP contribution >= 0.6 is 23.2 Å². The van der Waals surface area contributed by atoms with Crippen LogP contribution in [0.3, 0.4) is 0 Å². The lowest BCUT2D eigenvalue weighted by atomic mass is 9.95. The highest BCUT2D eigenvalue weighted by molar-refractivity contribution is 6.42. The van der Waals surface area contributed by atoms with E-state index in [0.29, 0.717) is 28.9 Å². The van der Waals surface area contributed by atoms with Crippen molar-refractivity contribution < 1.29 is 9.53 Å². The van der Waals surface area contributed by atoms with Gasteiger partial charge < -0.3 is 15.0 Å². The summed E-state index contributed by atoms with van der Waals surface area (Å²) in [5, 5.41) is 3.81. The van der Waals surface area contributed by atoms with Crippen molar-refractivity contribution in [2.24, 2.45) is 0 Å². The van der Waals surface area contributed by atoms with Gasteiger partial charge in [-0.15, -0.1) is 0 Å². The molecule has 2 heterocycles. The molecule has 1 aromatic rings. The first-order chi connectivity index (χ1) is 9.65. The summed E-state index contributed by atoms with van der Waals surface area (Å²) < 4.78 is 5.54.